The van der Waals surface area contributed by atoms with Crippen LogP contribution in [0.3, 0.4) is 0 Å². The van der Waals surface area contributed by atoms with Crippen LogP contribution in [0.4, 0.5) is 5.13 Å². The molecule has 8 heteroatoms. The number of anilines is 1. The molecule has 1 amide bonds. The van der Waals surface area contributed by atoms with Gasteiger partial charge in [0.25, 0.3) is 0 Å². The molecule has 0 bridgehead atoms. The maximum Gasteiger partial charge on any atom is 0.240 e. The maximum absolute atomic E-state index is 12.0. The van der Waals surface area contributed by atoms with Crippen LogP contribution in [0.2, 0.25) is 0 Å². The van der Waals surface area contributed by atoms with Crippen LogP contribution in [-0.4, -0.2) is 45.2 Å². The van der Waals surface area contributed by atoms with E-state index in [1.165, 1.54) is 11.3 Å². The third-order valence-corrected chi connectivity index (χ3v) is 4.43. The number of rotatable bonds is 6. The van der Waals surface area contributed by atoms with Gasteiger partial charge in [-0.1, -0.05) is 11.3 Å². The smallest absolute Gasteiger partial charge is 0.240 e. The molecule has 7 nitrogen and oxygen atoms in total. The third-order valence-electron chi connectivity index (χ3n) is 3.82. The van der Waals surface area contributed by atoms with E-state index in [9.17, 15) is 9.90 Å². The number of carbonyl (C=O) groups excluding carboxylic acids is 1. The highest BCUT2D eigenvalue weighted by Crippen LogP contribution is 2.27. The number of nitrogens with zero attached hydrogens (tertiary/aromatic N) is 3. The molecule has 3 rings (SSSR count). The Bertz CT molecular complexity index is 587. The van der Waals surface area contributed by atoms with Crippen molar-refractivity contribution in [2.75, 3.05) is 18.4 Å². The number of furan rings is 1. The van der Waals surface area contributed by atoms with Crippen molar-refractivity contribution in [2.45, 2.75) is 31.4 Å². The monoisotopic (exact) mass is 322 g/mol. The van der Waals surface area contributed by atoms with Crippen LogP contribution in [0.15, 0.2) is 28.3 Å². The zero-order valence-corrected chi connectivity index (χ0v) is 12.8. The summed E-state index contributed by atoms with van der Waals surface area (Å²) in [5, 5.41) is 20.9. The Kier molecular flexibility index (Phi) is 4.81. The normalized spacial score (nSPS) is 20.1. The second kappa shape index (κ2) is 6.99. The molecule has 0 aliphatic carbocycles. The molecule has 1 saturated heterocycles. The molecule has 3 heterocycles. The second-order valence-electron chi connectivity index (χ2n) is 5.33. The molecular weight excluding hydrogens is 304 g/mol. The molecule has 118 valence electrons. The number of aliphatic hydroxyl groups excluding tert-OH is 1. The summed E-state index contributed by atoms with van der Waals surface area (Å²) in [6.07, 6.45) is 3.50. The van der Waals surface area contributed by atoms with Crippen molar-refractivity contribution in [2.24, 2.45) is 0 Å². The van der Waals surface area contributed by atoms with E-state index >= 15 is 0 Å². The van der Waals surface area contributed by atoms with Gasteiger partial charge >= 0.3 is 0 Å². The van der Waals surface area contributed by atoms with Gasteiger partial charge in [-0.15, -0.1) is 10.2 Å². The van der Waals surface area contributed by atoms with Gasteiger partial charge in [-0.2, -0.15) is 0 Å². The first-order valence-corrected chi connectivity index (χ1v) is 8.12. The first kappa shape index (κ1) is 15.1. The Balaban J connectivity index is 1.53. The first-order chi connectivity index (χ1) is 10.7. The van der Waals surface area contributed by atoms with E-state index in [1.807, 2.05) is 0 Å². The summed E-state index contributed by atoms with van der Waals surface area (Å²) in [6, 6.07) is 3.72. The van der Waals surface area contributed by atoms with Crippen molar-refractivity contribution in [1.82, 2.24) is 15.1 Å². The standard InChI is InChI=1S/C14H18N4O3S/c19-11(12-4-2-6-21-12)7-10-3-1-5-18(10)8-13(20)16-14-17-15-9-22-14/h2,4,6,9-11,19H,1,3,5,7-8H2,(H,16,17,20). The number of amides is 1. The van der Waals surface area contributed by atoms with Crippen LogP contribution < -0.4 is 5.32 Å². The molecule has 0 saturated carbocycles. The van der Waals surface area contributed by atoms with Gasteiger partial charge in [-0.25, -0.2) is 0 Å². The molecule has 1 fully saturated rings. The molecule has 22 heavy (non-hydrogen) atoms. The molecule has 1 aliphatic heterocycles. The molecule has 0 aromatic carbocycles. The van der Waals surface area contributed by atoms with E-state index in [1.54, 1.807) is 23.9 Å². The SMILES string of the molecule is O=C(CN1CCCC1CC(O)c1ccco1)Nc1nncs1. The minimum Gasteiger partial charge on any atom is -0.467 e. The van der Waals surface area contributed by atoms with Crippen LogP contribution in [0, 0.1) is 0 Å². The number of hydrogen-bond acceptors (Lipinski definition) is 7. The van der Waals surface area contributed by atoms with Crippen molar-refractivity contribution < 1.29 is 14.3 Å². The highest BCUT2D eigenvalue weighted by atomic mass is 32.1. The quantitative estimate of drug-likeness (QED) is 0.840. The van der Waals surface area contributed by atoms with Gasteiger partial charge in [0.2, 0.25) is 11.0 Å². The predicted octanol–water partition coefficient (Wildman–Crippen LogP) is 1.66. The lowest BCUT2D eigenvalue weighted by atomic mass is 10.1. The summed E-state index contributed by atoms with van der Waals surface area (Å²) < 4.78 is 5.23. The summed E-state index contributed by atoms with van der Waals surface area (Å²) in [6.45, 7) is 1.16. The molecule has 2 N–H and O–H groups in total. The summed E-state index contributed by atoms with van der Waals surface area (Å²) in [7, 11) is 0. The van der Waals surface area contributed by atoms with E-state index in [-0.39, 0.29) is 11.9 Å². The Hall–Kier alpha value is -1.77. The number of likely N-dealkylation sites (tertiary alicyclic amines) is 1. The lowest BCUT2D eigenvalue weighted by molar-refractivity contribution is -0.117. The largest absolute Gasteiger partial charge is 0.467 e. The predicted molar refractivity (Wildman–Crippen MR) is 81.4 cm³/mol. The fourth-order valence-corrected chi connectivity index (χ4v) is 3.26. The Labute approximate surface area is 132 Å². The molecule has 2 aromatic rings. The Morgan fingerprint density at radius 3 is 3.27 bits per heavy atom. The molecule has 1 aliphatic rings. The van der Waals surface area contributed by atoms with Gasteiger partial charge in [0, 0.05) is 6.04 Å². The van der Waals surface area contributed by atoms with E-state index in [4.69, 9.17) is 4.42 Å². The van der Waals surface area contributed by atoms with Crippen molar-refractivity contribution >= 4 is 22.4 Å². The lowest BCUT2D eigenvalue weighted by Gasteiger charge is -2.25. The molecule has 2 atom stereocenters. The third kappa shape index (κ3) is 3.70. The highest BCUT2D eigenvalue weighted by molar-refractivity contribution is 7.13. The van der Waals surface area contributed by atoms with Crippen molar-refractivity contribution in [1.29, 1.82) is 0 Å². The summed E-state index contributed by atoms with van der Waals surface area (Å²) in [4.78, 5) is 14.1. The van der Waals surface area contributed by atoms with Crippen LogP contribution >= 0.6 is 11.3 Å². The molecular formula is C14H18N4O3S. The zero-order chi connectivity index (χ0) is 15.4. The number of hydrogen-bond donors (Lipinski definition) is 2. The van der Waals surface area contributed by atoms with Crippen molar-refractivity contribution in [3.8, 4) is 0 Å². The minimum atomic E-state index is -0.633. The molecule has 2 aromatic heterocycles. The summed E-state index contributed by atoms with van der Waals surface area (Å²) in [5.74, 6) is 0.473. The van der Waals surface area contributed by atoms with E-state index in [2.05, 4.69) is 20.4 Å². The van der Waals surface area contributed by atoms with E-state index in [0.717, 1.165) is 19.4 Å². The van der Waals surface area contributed by atoms with Gasteiger partial charge in [0.1, 0.15) is 17.4 Å². The number of aliphatic hydroxyl groups is 1. The average Bonchev–Trinajstić information content (AvgIpc) is 3.21. The average molecular weight is 322 g/mol. The Morgan fingerprint density at radius 1 is 1.64 bits per heavy atom. The van der Waals surface area contributed by atoms with Gasteiger partial charge in [-0.3, -0.25) is 15.0 Å². The van der Waals surface area contributed by atoms with Crippen LogP contribution in [0.1, 0.15) is 31.1 Å². The second-order valence-corrected chi connectivity index (χ2v) is 6.16. The number of nitrogens with one attached hydrogen (secondary N) is 1. The van der Waals surface area contributed by atoms with Gasteiger partial charge < -0.3 is 9.52 Å². The van der Waals surface area contributed by atoms with E-state index < -0.39 is 6.10 Å². The summed E-state index contributed by atoms with van der Waals surface area (Å²) >= 11 is 1.29. The molecule has 0 radical (unpaired) electrons. The zero-order valence-electron chi connectivity index (χ0n) is 12.0. The van der Waals surface area contributed by atoms with Gasteiger partial charge in [0.15, 0.2) is 0 Å². The van der Waals surface area contributed by atoms with E-state index in [0.29, 0.717) is 23.9 Å². The number of aromatic nitrogens is 2. The van der Waals surface area contributed by atoms with Crippen LogP contribution in [0.25, 0.3) is 0 Å². The Morgan fingerprint density at radius 2 is 2.55 bits per heavy atom. The summed E-state index contributed by atoms with van der Waals surface area (Å²) in [5.41, 5.74) is 1.58. The topological polar surface area (TPSA) is 91.5 Å². The maximum atomic E-state index is 12.0. The minimum absolute atomic E-state index is 0.101. The number of carbonyl (C=O) groups is 1. The van der Waals surface area contributed by atoms with Crippen LogP contribution in [0.5, 0.6) is 0 Å². The lowest BCUT2D eigenvalue weighted by Crippen LogP contribution is -2.37. The highest BCUT2D eigenvalue weighted by Gasteiger charge is 2.29. The van der Waals surface area contributed by atoms with Gasteiger partial charge in [-0.05, 0) is 37.9 Å². The fraction of sp³-hybridized carbons (Fsp3) is 0.500. The van der Waals surface area contributed by atoms with Crippen LogP contribution in [-0.2, 0) is 4.79 Å². The van der Waals surface area contributed by atoms with Gasteiger partial charge in [0.05, 0.1) is 12.8 Å². The van der Waals surface area contributed by atoms with Crippen molar-refractivity contribution in [3.05, 3.63) is 29.7 Å². The fourth-order valence-electron chi connectivity index (χ4n) is 2.80. The first-order valence-electron chi connectivity index (χ1n) is 7.24. The van der Waals surface area contributed by atoms with Crippen molar-refractivity contribution in [3.63, 3.8) is 0 Å². The molecule has 2 unspecified atom stereocenters. The molecule has 0 spiro atoms.